The van der Waals surface area contributed by atoms with Gasteiger partial charge in [-0.05, 0) is 40.2 Å². The van der Waals surface area contributed by atoms with Crippen molar-refractivity contribution >= 4 is 5.91 Å². The SMILES string of the molecule is CC(C)=CCNC(=O)C1CCNC(C)C1. The molecule has 86 valence electrons. The molecule has 0 aromatic carbocycles. The zero-order valence-corrected chi connectivity index (χ0v) is 9.97. The third-order valence-electron chi connectivity index (χ3n) is 2.78. The Hall–Kier alpha value is -0.830. The fourth-order valence-electron chi connectivity index (χ4n) is 1.87. The van der Waals surface area contributed by atoms with Gasteiger partial charge in [0.1, 0.15) is 0 Å². The van der Waals surface area contributed by atoms with Crippen molar-refractivity contribution in [2.45, 2.75) is 39.7 Å². The molecule has 0 aromatic heterocycles. The van der Waals surface area contributed by atoms with Gasteiger partial charge in [0, 0.05) is 18.5 Å². The lowest BCUT2D eigenvalue weighted by molar-refractivity contribution is -0.125. The molecular weight excluding hydrogens is 188 g/mol. The number of hydrogen-bond acceptors (Lipinski definition) is 2. The summed E-state index contributed by atoms with van der Waals surface area (Å²) in [6, 6.07) is 0.470. The van der Waals surface area contributed by atoms with Crippen LogP contribution in [0.25, 0.3) is 0 Å². The van der Waals surface area contributed by atoms with E-state index in [4.69, 9.17) is 0 Å². The van der Waals surface area contributed by atoms with Crippen LogP contribution in [0.5, 0.6) is 0 Å². The highest BCUT2D eigenvalue weighted by molar-refractivity contribution is 5.78. The third-order valence-corrected chi connectivity index (χ3v) is 2.78. The van der Waals surface area contributed by atoms with Crippen molar-refractivity contribution in [3.8, 4) is 0 Å². The summed E-state index contributed by atoms with van der Waals surface area (Å²) < 4.78 is 0. The number of carbonyl (C=O) groups excluding carboxylic acids is 1. The number of piperidine rings is 1. The molecule has 1 aliphatic heterocycles. The van der Waals surface area contributed by atoms with Gasteiger partial charge in [-0.1, -0.05) is 11.6 Å². The van der Waals surface area contributed by atoms with Gasteiger partial charge in [-0.2, -0.15) is 0 Å². The lowest BCUT2D eigenvalue weighted by Gasteiger charge is -2.26. The molecule has 0 radical (unpaired) electrons. The van der Waals surface area contributed by atoms with Gasteiger partial charge >= 0.3 is 0 Å². The summed E-state index contributed by atoms with van der Waals surface area (Å²) in [5.74, 6) is 0.410. The Morgan fingerprint density at radius 2 is 2.27 bits per heavy atom. The monoisotopic (exact) mass is 210 g/mol. The maximum absolute atomic E-state index is 11.8. The predicted molar refractivity (Wildman–Crippen MR) is 62.6 cm³/mol. The molecule has 3 nitrogen and oxygen atoms in total. The lowest BCUT2D eigenvalue weighted by atomic mass is 9.92. The average molecular weight is 210 g/mol. The summed E-state index contributed by atoms with van der Waals surface area (Å²) in [5.41, 5.74) is 1.24. The first-order chi connectivity index (χ1) is 7.09. The van der Waals surface area contributed by atoms with E-state index >= 15 is 0 Å². The van der Waals surface area contributed by atoms with Crippen molar-refractivity contribution in [3.63, 3.8) is 0 Å². The van der Waals surface area contributed by atoms with Crippen LogP contribution in [0.1, 0.15) is 33.6 Å². The van der Waals surface area contributed by atoms with Crippen LogP contribution < -0.4 is 10.6 Å². The van der Waals surface area contributed by atoms with Gasteiger partial charge in [0.2, 0.25) is 5.91 Å². The summed E-state index contributed by atoms with van der Waals surface area (Å²) in [7, 11) is 0. The van der Waals surface area contributed by atoms with Gasteiger partial charge in [0.15, 0.2) is 0 Å². The third kappa shape index (κ3) is 4.47. The van der Waals surface area contributed by atoms with E-state index < -0.39 is 0 Å². The Bertz CT molecular complexity index is 244. The summed E-state index contributed by atoms with van der Waals surface area (Å²) in [5, 5.41) is 6.31. The van der Waals surface area contributed by atoms with Crippen molar-refractivity contribution in [3.05, 3.63) is 11.6 Å². The molecule has 0 spiro atoms. The number of allylic oxidation sites excluding steroid dienone is 1. The summed E-state index contributed by atoms with van der Waals surface area (Å²) in [6.45, 7) is 7.84. The highest BCUT2D eigenvalue weighted by Crippen LogP contribution is 2.15. The van der Waals surface area contributed by atoms with Crippen LogP contribution in [0, 0.1) is 5.92 Å². The van der Waals surface area contributed by atoms with E-state index in [0.29, 0.717) is 12.6 Å². The minimum atomic E-state index is 0.201. The zero-order chi connectivity index (χ0) is 11.3. The topological polar surface area (TPSA) is 41.1 Å². The number of hydrogen-bond donors (Lipinski definition) is 2. The quantitative estimate of drug-likeness (QED) is 0.692. The van der Waals surface area contributed by atoms with Gasteiger partial charge < -0.3 is 10.6 Å². The number of amides is 1. The first-order valence-electron chi connectivity index (χ1n) is 5.74. The first-order valence-corrected chi connectivity index (χ1v) is 5.74. The molecule has 2 N–H and O–H groups in total. The molecular formula is C12H22N2O. The number of carbonyl (C=O) groups is 1. The second-order valence-electron chi connectivity index (χ2n) is 4.60. The Morgan fingerprint density at radius 3 is 2.87 bits per heavy atom. The van der Waals surface area contributed by atoms with E-state index in [1.807, 2.05) is 19.9 Å². The fraction of sp³-hybridized carbons (Fsp3) is 0.750. The van der Waals surface area contributed by atoms with E-state index in [-0.39, 0.29) is 11.8 Å². The largest absolute Gasteiger partial charge is 0.352 e. The first kappa shape index (κ1) is 12.2. The normalized spacial score (nSPS) is 25.8. The second-order valence-corrected chi connectivity index (χ2v) is 4.60. The van der Waals surface area contributed by atoms with Crippen LogP contribution in [-0.4, -0.2) is 25.0 Å². The Balaban J connectivity index is 2.30. The molecule has 1 fully saturated rings. The molecule has 1 heterocycles. The minimum absolute atomic E-state index is 0.201. The van der Waals surface area contributed by atoms with Crippen molar-refractivity contribution in [1.82, 2.24) is 10.6 Å². The van der Waals surface area contributed by atoms with Gasteiger partial charge in [0.05, 0.1) is 0 Å². The molecule has 15 heavy (non-hydrogen) atoms. The van der Waals surface area contributed by atoms with Crippen LogP contribution in [0.15, 0.2) is 11.6 Å². The summed E-state index contributed by atoms with van der Waals surface area (Å²) in [4.78, 5) is 11.8. The summed E-state index contributed by atoms with van der Waals surface area (Å²) >= 11 is 0. The number of nitrogens with one attached hydrogen (secondary N) is 2. The van der Waals surface area contributed by atoms with Crippen molar-refractivity contribution in [2.75, 3.05) is 13.1 Å². The Kier molecular flexibility index (Phi) is 4.82. The highest BCUT2D eigenvalue weighted by atomic mass is 16.1. The predicted octanol–water partition coefficient (Wildman–Crippen LogP) is 1.46. The highest BCUT2D eigenvalue weighted by Gasteiger charge is 2.23. The van der Waals surface area contributed by atoms with Gasteiger partial charge in [-0.15, -0.1) is 0 Å². The van der Waals surface area contributed by atoms with E-state index in [9.17, 15) is 4.79 Å². The van der Waals surface area contributed by atoms with Gasteiger partial charge in [-0.25, -0.2) is 0 Å². The molecule has 2 unspecified atom stereocenters. The van der Waals surface area contributed by atoms with E-state index in [1.54, 1.807) is 0 Å². The smallest absolute Gasteiger partial charge is 0.223 e. The van der Waals surface area contributed by atoms with Crippen molar-refractivity contribution in [2.24, 2.45) is 5.92 Å². The molecule has 0 aliphatic carbocycles. The van der Waals surface area contributed by atoms with Crippen LogP contribution in [0.4, 0.5) is 0 Å². The maximum Gasteiger partial charge on any atom is 0.223 e. The lowest BCUT2D eigenvalue weighted by Crippen LogP contribution is -2.42. The molecule has 1 saturated heterocycles. The van der Waals surface area contributed by atoms with Gasteiger partial charge in [-0.3, -0.25) is 4.79 Å². The molecule has 0 saturated carbocycles. The van der Waals surface area contributed by atoms with Crippen LogP contribution >= 0.6 is 0 Å². The van der Waals surface area contributed by atoms with Crippen molar-refractivity contribution < 1.29 is 4.79 Å². The van der Waals surface area contributed by atoms with E-state index in [0.717, 1.165) is 19.4 Å². The van der Waals surface area contributed by atoms with Crippen LogP contribution in [-0.2, 0) is 4.79 Å². The fourth-order valence-corrected chi connectivity index (χ4v) is 1.87. The van der Waals surface area contributed by atoms with Crippen molar-refractivity contribution in [1.29, 1.82) is 0 Å². The van der Waals surface area contributed by atoms with E-state index in [2.05, 4.69) is 17.6 Å². The van der Waals surface area contributed by atoms with Crippen LogP contribution in [0.2, 0.25) is 0 Å². The molecule has 1 aliphatic rings. The molecule has 0 aromatic rings. The summed E-state index contributed by atoms with van der Waals surface area (Å²) in [6.07, 6.45) is 3.97. The zero-order valence-electron chi connectivity index (χ0n) is 9.97. The minimum Gasteiger partial charge on any atom is -0.352 e. The number of rotatable bonds is 3. The Morgan fingerprint density at radius 1 is 1.53 bits per heavy atom. The molecule has 0 bridgehead atoms. The molecule has 1 amide bonds. The van der Waals surface area contributed by atoms with Crippen LogP contribution in [0.3, 0.4) is 0 Å². The Labute approximate surface area is 92.3 Å². The molecule has 2 atom stereocenters. The molecule has 3 heteroatoms. The van der Waals surface area contributed by atoms with Gasteiger partial charge in [0.25, 0.3) is 0 Å². The maximum atomic E-state index is 11.8. The second kappa shape index (κ2) is 5.91. The molecule has 1 rings (SSSR count). The standard InChI is InChI=1S/C12H22N2O/c1-9(2)4-6-14-12(15)11-5-7-13-10(3)8-11/h4,10-11,13H,5-8H2,1-3H3,(H,14,15). The van der Waals surface area contributed by atoms with E-state index in [1.165, 1.54) is 5.57 Å². The average Bonchev–Trinajstić information content (AvgIpc) is 2.17.